The van der Waals surface area contributed by atoms with Crippen molar-refractivity contribution >= 4 is 23.1 Å². The van der Waals surface area contributed by atoms with Gasteiger partial charge in [0.05, 0.1) is 39.6 Å². The zero-order chi connectivity index (χ0) is 26.5. The number of benzene rings is 3. The van der Waals surface area contributed by atoms with E-state index in [0.29, 0.717) is 40.9 Å². The summed E-state index contributed by atoms with van der Waals surface area (Å²) in [6.45, 7) is 2.58. The maximum absolute atomic E-state index is 13.5. The molecule has 3 aromatic rings. The van der Waals surface area contributed by atoms with Gasteiger partial charge in [-0.05, 0) is 60.5 Å². The van der Waals surface area contributed by atoms with Crippen LogP contribution in [0.25, 0.3) is 5.76 Å². The minimum Gasteiger partial charge on any atom is -0.506 e. The maximum atomic E-state index is 13.5. The van der Waals surface area contributed by atoms with E-state index in [1.165, 1.54) is 19.1 Å². The van der Waals surface area contributed by atoms with Gasteiger partial charge in [0.25, 0.3) is 11.7 Å². The number of carbonyl (C=O) groups is 2. The van der Waals surface area contributed by atoms with Gasteiger partial charge in [-0.2, -0.15) is 0 Å². The van der Waals surface area contributed by atoms with Crippen molar-refractivity contribution in [2.75, 3.05) is 32.8 Å². The molecule has 1 N–H and O–H groups in total. The van der Waals surface area contributed by atoms with E-state index in [1.54, 1.807) is 73.8 Å². The second-order valence-electron chi connectivity index (χ2n) is 8.32. The monoisotopic (exact) mass is 503 g/mol. The summed E-state index contributed by atoms with van der Waals surface area (Å²) < 4.78 is 21.8. The summed E-state index contributed by atoms with van der Waals surface area (Å²) in [5.74, 6) is -0.106. The number of ketones is 1. The highest BCUT2D eigenvalue weighted by atomic mass is 16.5. The van der Waals surface area contributed by atoms with Crippen LogP contribution in [0.5, 0.6) is 23.0 Å². The summed E-state index contributed by atoms with van der Waals surface area (Å²) in [6.07, 6.45) is 0.861. The number of ether oxygens (including phenoxy) is 4. The number of aliphatic hydroxyl groups is 1. The number of nitrogens with zero attached hydrogens (tertiary/aromatic N) is 1. The van der Waals surface area contributed by atoms with Gasteiger partial charge in [0, 0.05) is 5.69 Å². The highest BCUT2D eigenvalue weighted by Gasteiger charge is 2.47. The Morgan fingerprint density at radius 1 is 0.838 bits per heavy atom. The molecular weight excluding hydrogens is 474 g/mol. The fourth-order valence-electron chi connectivity index (χ4n) is 4.34. The molecule has 1 aliphatic rings. The minimum atomic E-state index is -0.914. The molecule has 1 aliphatic heterocycles. The van der Waals surface area contributed by atoms with Gasteiger partial charge in [-0.25, -0.2) is 0 Å². The Hall–Kier alpha value is -4.46. The van der Waals surface area contributed by atoms with Crippen LogP contribution in [-0.4, -0.2) is 44.7 Å². The van der Waals surface area contributed by atoms with Crippen LogP contribution in [0.2, 0.25) is 0 Å². The second kappa shape index (κ2) is 11.1. The molecule has 1 atom stereocenters. The molecule has 37 heavy (non-hydrogen) atoms. The highest BCUT2D eigenvalue weighted by Crippen LogP contribution is 2.45. The summed E-state index contributed by atoms with van der Waals surface area (Å²) >= 11 is 0. The third kappa shape index (κ3) is 4.82. The van der Waals surface area contributed by atoms with Gasteiger partial charge in [-0.15, -0.1) is 0 Å². The van der Waals surface area contributed by atoms with Crippen molar-refractivity contribution in [3.63, 3.8) is 0 Å². The van der Waals surface area contributed by atoms with Crippen LogP contribution in [0.15, 0.2) is 72.3 Å². The molecule has 8 nitrogen and oxygen atoms in total. The van der Waals surface area contributed by atoms with Crippen LogP contribution in [0.4, 0.5) is 5.69 Å². The van der Waals surface area contributed by atoms with Crippen LogP contribution in [0.3, 0.4) is 0 Å². The quantitative estimate of drug-likeness (QED) is 0.246. The summed E-state index contributed by atoms with van der Waals surface area (Å²) in [6, 6.07) is 18.0. The van der Waals surface area contributed by atoms with Gasteiger partial charge in [-0.1, -0.05) is 25.1 Å². The summed E-state index contributed by atoms with van der Waals surface area (Å²) in [5, 5.41) is 11.6. The smallest absolute Gasteiger partial charge is 0.300 e. The Morgan fingerprint density at radius 2 is 1.43 bits per heavy atom. The number of rotatable bonds is 9. The highest BCUT2D eigenvalue weighted by molar-refractivity contribution is 6.51. The summed E-state index contributed by atoms with van der Waals surface area (Å²) in [7, 11) is 4.45. The zero-order valence-electron chi connectivity index (χ0n) is 21.2. The molecule has 4 rings (SSSR count). The third-order valence-corrected chi connectivity index (χ3v) is 6.13. The van der Waals surface area contributed by atoms with Crippen LogP contribution < -0.4 is 23.8 Å². The molecule has 1 fully saturated rings. The molecule has 1 saturated heterocycles. The number of methoxy groups -OCH3 is 3. The first-order valence-electron chi connectivity index (χ1n) is 11.8. The first-order valence-corrected chi connectivity index (χ1v) is 11.8. The van der Waals surface area contributed by atoms with Gasteiger partial charge in [-0.3, -0.25) is 14.5 Å². The molecule has 192 valence electrons. The van der Waals surface area contributed by atoms with Crippen LogP contribution >= 0.6 is 0 Å². The number of amides is 1. The predicted molar refractivity (Wildman–Crippen MR) is 140 cm³/mol. The SMILES string of the molecule is CCCOc1ccc(C2/C(=C(\O)c3c(OC)cccc3OC)C(=O)C(=O)N2c2ccc(OC)cc2)cc1. The molecule has 0 radical (unpaired) electrons. The first kappa shape index (κ1) is 25.6. The molecule has 0 saturated carbocycles. The lowest BCUT2D eigenvalue weighted by Gasteiger charge is -2.26. The van der Waals surface area contributed by atoms with Crippen molar-refractivity contribution in [1.29, 1.82) is 0 Å². The van der Waals surface area contributed by atoms with Crippen molar-refractivity contribution in [2.24, 2.45) is 0 Å². The predicted octanol–water partition coefficient (Wildman–Crippen LogP) is 5.13. The van der Waals surface area contributed by atoms with E-state index in [9.17, 15) is 14.7 Å². The van der Waals surface area contributed by atoms with Gasteiger partial charge >= 0.3 is 0 Å². The number of anilines is 1. The lowest BCUT2D eigenvalue weighted by Crippen LogP contribution is -2.29. The van der Waals surface area contributed by atoms with E-state index >= 15 is 0 Å². The molecule has 0 aliphatic carbocycles. The number of hydrogen-bond donors (Lipinski definition) is 1. The molecule has 0 spiro atoms. The van der Waals surface area contributed by atoms with E-state index in [4.69, 9.17) is 18.9 Å². The number of aliphatic hydroxyl groups excluding tert-OH is 1. The van der Waals surface area contributed by atoms with Crippen molar-refractivity contribution in [1.82, 2.24) is 0 Å². The van der Waals surface area contributed by atoms with Crippen LogP contribution in [0.1, 0.15) is 30.5 Å². The minimum absolute atomic E-state index is 0.0779. The Labute approximate surface area is 215 Å². The van der Waals surface area contributed by atoms with E-state index < -0.39 is 17.7 Å². The average Bonchev–Trinajstić information content (AvgIpc) is 3.21. The molecular formula is C29H29NO7. The van der Waals surface area contributed by atoms with Crippen molar-refractivity contribution in [3.05, 3.63) is 83.4 Å². The zero-order valence-corrected chi connectivity index (χ0v) is 21.2. The lowest BCUT2D eigenvalue weighted by molar-refractivity contribution is -0.132. The normalized spacial score (nSPS) is 16.5. The number of carbonyl (C=O) groups excluding carboxylic acids is 2. The maximum Gasteiger partial charge on any atom is 0.300 e. The summed E-state index contributed by atoms with van der Waals surface area (Å²) in [5.41, 5.74) is 1.21. The fraction of sp³-hybridized carbons (Fsp3) is 0.241. The Kier molecular flexibility index (Phi) is 7.67. The van der Waals surface area contributed by atoms with Crippen molar-refractivity contribution in [3.8, 4) is 23.0 Å². The summed E-state index contributed by atoms with van der Waals surface area (Å²) in [4.78, 5) is 28.3. The van der Waals surface area contributed by atoms with E-state index in [1.807, 2.05) is 6.92 Å². The first-order chi connectivity index (χ1) is 17.9. The van der Waals surface area contributed by atoms with Crippen LogP contribution in [-0.2, 0) is 9.59 Å². The van der Waals surface area contributed by atoms with E-state index in [2.05, 4.69) is 0 Å². The third-order valence-electron chi connectivity index (χ3n) is 6.13. The number of hydrogen-bond acceptors (Lipinski definition) is 7. The molecule has 0 bridgehead atoms. The standard InChI is InChI=1S/C29H29NO7/c1-5-17-37-21-13-9-18(10-14-21)26-25(27(31)24-22(35-3)7-6-8-23(24)36-4)28(32)29(33)30(26)19-11-15-20(34-2)16-12-19/h6-16,26,31H,5,17H2,1-4H3/b27-25+. The van der Waals surface area contributed by atoms with Gasteiger partial charge in [0.15, 0.2) is 0 Å². The van der Waals surface area contributed by atoms with Crippen molar-refractivity contribution in [2.45, 2.75) is 19.4 Å². The molecule has 3 aromatic carbocycles. The molecule has 0 aromatic heterocycles. The van der Waals surface area contributed by atoms with Crippen LogP contribution in [0, 0.1) is 0 Å². The second-order valence-corrected chi connectivity index (χ2v) is 8.32. The lowest BCUT2D eigenvalue weighted by atomic mass is 9.94. The van der Waals surface area contributed by atoms with E-state index in [0.717, 1.165) is 6.42 Å². The largest absolute Gasteiger partial charge is 0.506 e. The number of Topliss-reactive ketones (excluding diaryl/α,β-unsaturated/α-hetero) is 1. The van der Waals surface area contributed by atoms with E-state index in [-0.39, 0.29) is 16.9 Å². The average molecular weight is 504 g/mol. The van der Waals surface area contributed by atoms with Crippen molar-refractivity contribution < 1.29 is 33.6 Å². The van der Waals surface area contributed by atoms with Gasteiger partial charge in [0.1, 0.15) is 34.3 Å². The molecule has 8 heteroatoms. The molecule has 1 unspecified atom stereocenters. The molecule has 1 heterocycles. The van der Waals surface area contributed by atoms with Gasteiger partial charge < -0.3 is 24.1 Å². The topological polar surface area (TPSA) is 94.5 Å². The fourth-order valence-corrected chi connectivity index (χ4v) is 4.34. The Bertz CT molecular complexity index is 1290. The Morgan fingerprint density at radius 3 is 1.97 bits per heavy atom. The Balaban J connectivity index is 1.93. The molecule has 1 amide bonds. The van der Waals surface area contributed by atoms with Gasteiger partial charge in [0.2, 0.25) is 0 Å².